The Morgan fingerprint density at radius 2 is 2.38 bits per heavy atom. The summed E-state index contributed by atoms with van der Waals surface area (Å²) >= 11 is 0. The molecule has 0 radical (unpaired) electrons. The van der Waals surface area contributed by atoms with Crippen molar-refractivity contribution in [1.82, 2.24) is 4.98 Å². The number of nitriles is 1. The molecule has 4 heteroatoms. The molecule has 0 aliphatic rings. The van der Waals surface area contributed by atoms with Gasteiger partial charge in [-0.3, -0.25) is 4.79 Å². The van der Waals surface area contributed by atoms with Crippen molar-refractivity contribution in [2.45, 2.75) is 0 Å². The van der Waals surface area contributed by atoms with Crippen molar-refractivity contribution >= 4 is 17.4 Å². The number of hydrogen-bond donors (Lipinski definition) is 0. The quantitative estimate of drug-likeness (QED) is 0.611. The van der Waals surface area contributed by atoms with Gasteiger partial charge in [-0.15, -0.1) is 0 Å². The summed E-state index contributed by atoms with van der Waals surface area (Å²) in [5.41, 5.74) is 1.31. The molecule has 0 fully saturated rings. The molecule has 1 heterocycles. The molecule has 0 saturated heterocycles. The summed E-state index contributed by atoms with van der Waals surface area (Å²) in [5, 5.41) is 8.70. The van der Waals surface area contributed by atoms with Gasteiger partial charge in [-0.1, -0.05) is 6.07 Å². The predicted molar refractivity (Wildman–Crippen MR) is 44.1 cm³/mol. The van der Waals surface area contributed by atoms with Gasteiger partial charge in [0.25, 0.3) is 5.89 Å². The lowest BCUT2D eigenvalue weighted by molar-refractivity contribution is 0.109. The molecule has 0 atom stereocenters. The second-order valence-electron chi connectivity index (χ2n) is 2.43. The lowest BCUT2D eigenvalue weighted by atomic mass is 10.2. The fourth-order valence-electron chi connectivity index (χ4n) is 1.11. The van der Waals surface area contributed by atoms with E-state index in [1.54, 1.807) is 18.2 Å². The molecular formula is C9H4N2O2. The average molecular weight is 172 g/mol. The zero-order chi connectivity index (χ0) is 9.26. The fourth-order valence-corrected chi connectivity index (χ4v) is 1.11. The molecule has 0 bridgehead atoms. The Balaban J connectivity index is 2.83. The van der Waals surface area contributed by atoms with Crippen molar-refractivity contribution in [1.29, 1.82) is 5.26 Å². The number of carbonyl (C=O) groups is 1. The summed E-state index contributed by atoms with van der Waals surface area (Å²) < 4.78 is 5.03. The molecule has 0 saturated carbocycles. The first kappa shape index (κ1) is 7.50. The number of fused-ring (bicyclic) bond motifs is 1. The molecule has 2 rings (SSSR count). The number of nitrogens with zero attached hydrogens (tertiary/aromatic N) is 2. The van der Waals surface area contributed by atoms with Crippen LogP contribution in [0.2, 0.25) is 0 Å². The monoisotopic (exact) mass is 172 g/mol. The fraction of sp³-hybridized carbons (Fsp3) is 0. The van der Waals surface area contributed by atoms with Crippen molar-refractivity contribution in [3.05, 3.63) is 29.7 Å². The molecule has 0 amide bonds. The first-order chi connectivity index (χ1) is 6.35. The Hall–Kier alpha value is -2.15. The van der Waals surface area contributed by atoms with Gasteiger partial charge >= 0.3 is 0 Å². The largest absolute Gasteiger partial charge is 0.434 e. The van der Waals surface area contributed by atoms with E-state index < -0.39 is 0 Å². The van der Waals surface area contributed by atoms with Crippen LogP contribution >= 0.6 is 0 Å². The van der Waals surface area contributed by atoms with Gasteiger partial charge in [0.15, 0.2) is 5.58 Å². The van der Waals surface area contributed by atoms with E-state index in [1.807, 2.05) is 6.07 Å². The third-order valence-electron chi connectivity index (χ3n) is 1.66. The number of para-hydroxylation sites is 1. The second-order valence-corrected chi connectivity index (χ2v) is 2.43. The van der Waals surface area contributed by atoms with Crippen LogP contribution in [0.4, 0.5) is 0 Å². The van der Waals surface area contributed by atoms with Crippen LogP contribution in [0.1, 0.15) is 16.2 Å². The molecule has 1 aromatic heterocycles. The van der Waals surface area contributed by atoms with Crippen LogP contribution in [-0.4, -0.2) is 11.3 Å². The Labute approximate surface area is 73.4 Å². The minimum atomic E-state index is -0.00213. The second kappa shape index (κ2) is 2.72. The lowest BCUT2D eigenvalue weighted by Crippen LogP contribution is -1.78. The minimum absolute atomic E-state index is 0.00213. The molecule has 1 aromatic carbocycles. The molecule has 0 N–H and O–H groups in total. The maximum absolute atomic E-state index is 10.3. The highest BCUT2D eigenvalue weighted by atomic mass is 16.4. The summed E-state index contributed by atoms with van der Waals surface area (Å²) in [6, 6.07) is 6.94. The normalized spacial score (nSPS) is 9.77. The van der Waals surface area contributed by atoms with Gasteiger partial charge in [0.1, 0.15) is 11.6 Å². The molecule has 13 heavy (non-hydrogen) atoms. The maximum Gasteiger partial charge on any atom is 0.260 e. The van der Waals surface area contributed by atoms with Gasteiger partial charge in [-0.25, -0.2) is 4.98 Å². The standard InChI is InChI=1S/C9H4N2O2/c10-4-6-2-1-3-7-9(6)11-8(5-12)13-7/h1-3,5H. The highest BCUT2D eigenvalue weighted by molar-refractivity contribution is 5.83. The van der Waals surface area contributed by atoms with E-state index in [2.05, 4.69) is 4.98 Å². The van der Waals surface area contributed by atoms with Crippen LogP contribution in [0.5, 0.6) is 0 Å². The van der Waals surface area contributed by atoms with E-state index >= 15 is 0 Å². The van der Waals surface area contributed by atoms with Crippen LogP contribution in [-0.2, 0) is 0 Å². The van der Waals surface area contributed by atoms with E-state index in [9.17, 15) is 4.79 Å². The minimum Gasteiger partial charge on any atom is -0.434 e. The molecule has 0 aliphatic carbocycles. The van der Waals surface area contributed by atoms with E-state index in [4.69, 9.17) is 9.68 Å². The van der Waals surface area contributed by atoms with Gasteiger partial charge in [-0.05, 0) is 12.1 Å². The Kier molecular flexibility index (Phi) is 1.57. The van der Waals surface area contributed by atoms with Gasteiger partial charge in [0.05, 0.1) is 5.56 Å². The highest BCUT2D eigenvalue weighted by Crippen LogP contribution is 2.17. The summed E-state index contributed by atoms with van der Waals surface area (Å²) in [4.78, 5) is 14.2. The summed E-state index contributed by atoms with van der Waals surface area (Å²) in [6.45, 7) is 0. The van der Waals surface area contributed by atoms with E-state index in [-0.39, 0.29) is 5.89 Å². The smallest absolute Gasteiger partial charge is 0.260 e. The number of aromatic nitrogens is 1. The number of oxazole rings is 1. The highest BCUT2D eigenvalue weighted by Gasteiger charge is 2.07. The van der Waals surface area contributed by atoms with Gasteiger partial charge in [0.2, 0.25) is 6.29 Å². The molecular weight excluding hydrogens is 168 g/mol. The van der Waals surface area contributed by atoms with Crippen molar-refractivity contribution in [3.8, 4) is 6.07 Å². The Bertz CT molecular complexity index is 508. The molecule has 0 aliphatic heterocycles. The molecule has 2 aromatic rings. The van der Waals surface area contributed by atoms with Gasteiger partial charge in [0, 0.05) is 0 Å². The number of benzene rings is 1. The molecule has 4 nitrogen and oxygen atoms in total. The topological polar surface area (TPSA) is 66.9 Å². The van der Waals surface area contributed by atoms with Crippen molar-refractivity contribution in [2.24, 2.45) is 0 Å². The lowest BCUT2D eigenvalue weighted by Gasteiger charge is -1.86. The zero-order valence-corrected chi connectivity index (χ0v) is 6.52. The van der Waals surface area contributed by atoms with Crippen LogP contribution in [0, 0.1) is 11.3 Å². The third kappa shape index (κ3) is 1.07. The van der Waals surface area contributed by atoms with Crippen molar-refractivity contribution in [2.75, 3.05) is 0 Å². The van der Waals surface area contributed by atoms with Crippen molar-refractivity contribution in [3.63, 3.8) is 0 Å². The maximum atomic E-state index is 10.3. The van der Waals surface area contributed by atoms with E-state index in [1.165, 1.54) is 0 Å². The molecule has 0 unspecified atom stereocenters. The molecule has 62 valence electrons. The number of aldehydes is 1. The number of hydrogen-bond acceptors (Lipinski definition) is 4. The average Bonchev–Trinajstić information content (AvgIpc) is 2.59. The summed E-state index contributed by atoms with van der Waals surface area (Å²) in [6.07, 6.45) is 0.515. The number of carbonyl (C=O) groups excluding carboxylic acids is 1. The summed E-state index contributed by atoms with van der Waals surface area (Å²) in [7, 11) is 0. The van der Waals surface area contributed by atoms with Crippen molar-refractivity contribution < 1.29 is 9.21 Å². The first-order valence-corrected chi connectivity index (χ1v) is 3.60. The first-order valence-electron chi connectivity index (χ1n) is 3.60. The van der Waals surface area contributed by atoms with E-state index in [0.717, 1.165) is 0 Å². The Morgan fingerprint density at radius 3 is 3.08 bits per heavy atom. The Morgan fingerprint density at radius 1 is 1.54 bits per heavy atom. The molecule has 0 spiro atoms. The third-order valence-corrected chi connectivity index (χ3v) is 1.66. The van der Waals surface area contributed by atoms with Gasteiger partial charge < -0.3 is 4.42 Å². The predicted octanol–water partition coefficient (Wildman–Crippen LogP) is 1.51. The van der Waals surface area contributed by atoms with Crippen LogP contribution in [0.25, 0.3) is 11.1 Å². The SMILES string of the molecule is N#Cc1cccc2oc(C=O)nc12. The van der Waals surface area contributed by atoms with Crippen LogP contribution in [0.15, 0.2) is 22.6 Å². The van der Waals surface area contributed by atoms with Gasteiger partial charge in [-0.2, -0.15) is 5.26 Å². The van der Waals surface area contributed by atoms with Crippen LogP contribution in [0.3, 0.4) is 0 Å². The number of rotatable bonds is 1. The van der Waals surface area contributed by atoms with Crippen LogP contribution < -0.4 is 0 Å². The summed E-state index contributed by atoms with van der Waals surface area (Å²) in [5.74, 6) is -0.00213. The zero-order valence-electron chi connectivity index (χ0n) is 6.52. The van der Waals surface area contributed by atoms with E-state index in [0.29, 0.717) is 22.9 Å².